The molecule has 142 valence electrons. The molecule has 28 heavy (non-hydrogen) atoms. The third-order valence-corrected chi connectivity index (χ3v) is 4.17. The van der Waals surface area contributed by atoms with E-state index in [1.165, 1.54) is 12.1 Å². The second kappa shape index (κ2) is 8.59. The Morgan fingerprint density at radius 1 is 1.00 bits per heavy atom. The quantitative estimate of drug-likeness (QED) is 0.601. The molecule has 0 fully saturated rings. The number of anilines is 1. The maximum Gasteiger partial charge on any atom is 0.272 e. The molecule has 0 saturated carbocycles. The highest BCUT2D eigenvalue weighted by Gasteiger charge is 2.16. The zero-order chi connectivity index (χ0) is 20.1. The lowest BCUT2D eigenvalue weighted by Gasteiger charge is -2.11. The number of hydrogen-bond acceptors (Lipinski definition) is 3. The molecule has 2 amide bonds. The van der Waals surface area contributed by atoms with Crippen LogP contribution in [0.4, 0.5) is 5.69 Å². The van der Waals surface area contributed by atoms with Crippen LogP contribution in [0.15, 0.2) is 70.8 Å². The number of furan rings is 1. The fourth-order valence-corrected chi connectivity index (χ4v) is 2.68. The van der Waals surface area contributed by atoms with Crippen LogP contribution in [0.1, 0.15) is 27.4 Å². The first-order valence-corrected chi connectivity index (χ1v) is 9.01. The molecule has 3 rings (SSSR count). The van der Waals surface area contributed by atoms with Crippen LogP contribution in [-0.2, 0) is 4.79 Å². The van der Waals surface area contributed by atoms with Crippen molar-refractivity contribution >= 4 is 35.2 Å². The van der Waals surface area contributed by atoms with Crippen molar-refractivity contribution in [2.75, 3.05) is 5.32 Å². The maximum absolute atomic E-state index is 12.8. The van der Waals surface area contributed by atoms with Crippen LogP contribution in [0.25, 0.3) is 6.08 Å². The van der Waals surface area contributed by atoms with Gasteiger partial charge >= 0.3 is 0 Å². The summed E-state index contributed by atoms with van der Waals surface area (Å²) in [4.78, 5) is 25.4. The molecule has 0 aliphatic carbocycles. The van der Waals surface area contributed by atoms with Crippen molar-refractivity contribution in [3.8, 4) is 0 Å². The third-order valence-electron chi connectivity index (χ3n) is 3.94. The molecule has 0 bridgehead atoms. The largest absolute Gasteiger partial charge is 0.462 e. The fourth-order valence-electron chi connectivity index (χ4n) is 2.49. The van der Waals surface area contributed by atoms with Gasteiger partial charge in [0.1, 0.15) is 17.2 Å². The fraction of sp³-hybridized carbons (Fsp3) is 0.0909. The van der Waals surface area contributed by atoms with Crippen LogP contribution in [0, 0.1) is 13.8 Å². The average Bonchev–Trinajstić information content (AvgIpc) is 3.08. The van der Waals surface area contributed by atoms with E-state index >= 15 is 0 Å². The minimum atomic E-state index is -0.465. The smallest absolute Gasteiger partial charge is 0.272 e. The first kappa shape index (κ1) is 19.5. The van der Waals surface area contributed by atoms with Crippen molar-refractivity contribution in [2.24, 2.45) is 0 Å². The van der Waals surface area contributed by atoms with Gasteiger partial charge in [0.2, 0.25) is 0 Å². The summed E-state index contributed by atoms with van der Waals surface area (Å²) in [6, 6.07) is 17.4. The molecule has 1 heterocycles. The number of rotatable bonds is 5. The standard InChI is InChI=1S/C22H19ClN2O3/c1-14-6-9-18(10-7-14)24-22(27)20(13-19-11-8-15(2)28-19)25-21(26)16-4-3-5-17(23)12-16/h3-13H,1-2H3,(H,24,27)(H,25,26)/b20-13-. The van der Waals surface area contributed by atoms with Gasteiger partial charge in [-0.2, -0.15) is 0 Å². The number of halogens is 1. The molecule has 6 heteroatoms. The highest BCUT2D eigenvalue weighted by atomic mass is 35.5. The molecule has 0 spiro atoms. The van der Waals surface area contributed by atoms with E-state index in [1.54, 1.807) is 49.4 Å². The predicted molar refractivity (Wildman–Crippen MR) is 110 cm³/mol. The van der Waals surface area contributed by atoms with Crippen molar-refractivity contribution in [3.05, 3.63) is 94.0 Å². The van der Waals surface area contributed by atoms with Gasteiger partial charge in [0.15, 0.2) is 0 Å². The molecule has 0 radical (unpaired) electrons. The van der Waals surface area contributed by atoms with Crippen molar-refractivity contribution in [3.63, 3.8) is 0 Å². The number of hydrogen-bond donors (Lipinski definition) is 2. The van der Waals surface area contributed by atoms with Crippen LogP contribution in [-0.4, -0.2) is 11.8 Å². The number of benzene rings is 2. The Hall–Kier alpha value is -3.31. The first-order valence-electron chi connectivity index (χ1n) is 8.64. The molecule has 0 saturated heterocycles. The topological polar surface area (TPSA) is 71.3 Å². The summed E-state index contributed by atoms with van der Waals surface area (Å²) < 4.78 is 5.51. The summed E-state index contributed by atoms with van der Waals surface area (Å²) in [6.07, 6.45) is 1.49. The summed E-state index contributed by atoms with van der Waals surface area (Å²) >= 11 is 5.95. The van der Waals surface area contributed by atoms with E-state index in [4.69, 9.17) is 16.0 Å². The molecule has 2 aromatic carbocycles. The van der Waals surface area contributed by atoms with Gasteiger partial charge < -0.3 is 15.1 Å². The number of amides is 2. The molecule has 0 atom stereocenters. The molecular weight excluding hydrogens is 376 g/mol. The Labute approximate surface area is 168 Å². The monoisotopic (exact) mass is 394 g/mol. The van der Waals surface area contributed by atoms with Gasteiger partial charge in [-0.25, -0.2) is 0 Å². The van der Waals surface area contributed by atoms with Gasteiger partial charge in [-0.1, -0.05) is 35.4 Å². The molecule has 0 unspecified atom stereocenters. The zero-order valence-corrected chi connectivity index (χ0v) is 16.2. The van der Waals surface area contributed by atoms with Crippen molar-refractivity contribution in [2.45, 2.75) is 13.8 Å². The van der Waals surface area contributed by atoms with Gasteiger partial charge in [0.25, 0.3) is 11.8 Å². The second-order valence-electron chi connectivity index (χ2n) is 6.29. The number of carbonyl (C=O) groups is 2. The van der Waals surface area contributed by atoms with E-state index in [2.05, 4.69) is 10.6 Å². The predicted octanol–water partition coefficient (Wildman–Crippen LogP) is 4.96. The van der Waals surface area contributed by atoms with Crippen molar-refractivity contribution < 1.29 is 14.0 Å². The number of carbonyl (C=O) groups excluding carboxylic acids is 2. The van der Waals surface area contributed by atoms with Crippen LogP contribution >= 0.6 is 11.6 Å². The normalized spacial score (nSPS) is 11.2. The summed E-state index contributed by atoms with van der Waals surface area (Å²) in [6.45, 7) is 3.76. The molecule has 5 nitrogen and oxygen atoms in total. The number of aryl methyl sites for hydroxylation is 2. The van der Waals surface area contributed by atoms with Crippen LogP contribution in [0.3, 0.4) is 0 Å². The van der Waals surface area contributed by atoms with Crippen LogP contribution < -0.4 is 10.6 Å². The van der Waals surface area contributed by atoms with E-state index in [0.717, 1.165) is 5.56 Å². The van der Waals surface area contributed by atoms with Gasteiger partial charge in [0, 0.05) is 22.3 Å². The van der Waals surface area contributed by atoms with E-state index < -0.39 is 11.8 Å². The average molecular weight is 395 g/mol. The number of nitrogens with one attached hydrogen (secondary N) is 2. The molecule has 3 aromatic rings. The summed E-state index contributed by atoms with van der Waals surface area (Å²) in [7, 11) is 0. The Morgan fingerprint density at radius 3 is 2.39 bits per heavy atom. The Morgan fingerprint density at radius 2 is 1.75 bits per heavy atom. The molecular formula is C22H19ClN2O3. The maximum atomic E-state index is 12.8. The second-order valence-corrected chi connectivity index (χ2v) is 6.73. The zero-order valence-electron chi connectivity index (χ0n) is 15.5. The summed E-state index contributed by atoms with van der Waals surface area (Å²) in [5, 5.41) is 5.85. The van der Waals surface area contributed by atoms with Crippen LogP contribution in [0.5, 0.6) is 0 Å². The Bertz CT molecular complexity index is 1040. The van der Waals surface area contributed by atoms with Crippen molar-refractivity contribution in [1.29, 1.82) is 0 Å². The highest BCUT2D eigenvalue weighted by molar-refractivity contribution is 6.31. The lowest BCUT2D eigenvalue weighted by Crippen LogP contribution is -2.30. The van der Waals surface area contributed by atoms with Gasteiger partial charge in [0.05, 0.1) is 0 Å². The van der Waals surface area contributed by atoms with E-state index in [1.807, 2.05) is 19.1 Å². The summed E-state index contributed by atoms with van der Waals surface area (Å²) in [5.74, 6) is 0.244. The molecule has 1 aromatic heterocycles. The van der Waals surface area contributed by atoms with E-state index in [0.29, 0.717) is 27.8 Å². The molecule has 0 aliphatic rings. The summed E-state index contributed by atoms with van der Waals surface area (Å²) in [5.41, 5.74) is 2.10. The lowest BCUT2D eigenvalue weighted by molar-refractivity contribution is -0.113. The highest BCUT2D eigenvalue weighted by Crippen LogP contribution is 2.15. The van der Waals surface area contributed by atoms with Gasteiger partial charge in [-0.05, 0) is 56.3 Å². The van der Waals surface area contributed by atoms with Crippen molar-refractivity contribution in [1.82, 2.24) is 5.32 Å². The minimum Gasteiger partial charge on any atom is -0.462 e. The van der Waals surface area contributed by atoms with Crippen LogP contribution in [0.2, 0.25) is 5.02 Å². The van der Waals surface area contributed by atoms with E-state index in [9.17, 15) is 9.59 Å². The third kappa shape index (κ3) is 5.11. The van der Waals surface area contributed by atoms with Gasteiger partial charge in [-0.15, -0.1) is 0 Å². The Kier molecular flexibility index (Phi) is 5.96. The first-order chi connectivity index (χ1) is 13.4. The van der Waals surface area contributed by atoms with Gasteiger partial charge in [-0.3, -0.25) is 9.59 Å². The lowest BCUT2D eigenvalue weighted by atomic mass is 10.2. The minimum absolute atomic E-state index is 0.0555. The SMILES string of the molecule is Cc1ccc(NC(=O)/C(=C/c2ccc(C)o2)NC(=O)c2cccc(Cl)c2)cc1. The molecule has 0 aliphatic heterocycles. The molecule has 2 N–H and O–H groups in total. The Balaban J connectivity index is 1.86. The van der Waals surface area contributed by atoms with E-state index in [-0.39, 0.29) is 5.70 Å².